The molecule has 3 aromatic rings. The van der Waals surface area contributed by atoms with Crippen LogP contribution in [0.25, 0.3) is 0 Å². The number of aryl methyl sites for hydroxylation is 2. The number of rotatable bonds is 10. The summed E-state index contributed by atoms with van der Waals surface area (Å²) in [5.74, 6) is 3.48. The van der Waals surface area contributed by atoms with Crippen molar-refractivity contribution in [3.05, 3.63) is 77.2 Å². The summed E-state index contributed by atoms with van der Waals surface area (Å²) in [5, 5.41) is 3.48. The molecule has 0 aliphatic heterocycles. The first-order valence-corrected chi connectivity index (χ1v) is 16.6. The Bertz CT molecular complexity index is 828. The van der Waals surface area contributed by atoms with E-state index < -0.39 is 13.3 Å². The van der Waals surface area contributed by atoms with Gasteiger partial charge in [-0.05, 0) is 0 Å². The molecule has 0 aliphatic rings. The standard InChI is InChI=1S/C24H30GeO2S/c1-4-26-17-18-27-23-13-9-21(10-14-23)15-16-25(3,24-6-5-19-28-24)22-11-7-20(2)8-12-22/h5-14,19H,4,15-18H2,1-3H3. The number of ether oxygens (including phenoxy) is 2. The molecule has 0 bridgehead atoms. The van der Waals surface area contributed by atoms with Crippen LogP contribution >= 0.6 is 11.3 Å². The molecule has 0 N–H and O–H groups in total. The Morgan fingerprint density at radius 3 is 2.32 bits per heavy atom. The molecule has 1 aromatic heterocycles. The molecule has 0 amide bonds. The van der Waals surface area contributed by atoms with Crippen molar-refractivity contribution in [3.8, 4) is 5.75 Å². The fourth-order valence-corrected chi connectivity index (χ4v) is 13.6. The average Bonchev–Trinajstić information content (AvgIpc) is 3.26. The summed E-state index contributed by atoms with van der Waals surface area (Å²) in [4.78, 5) is 0. The number of thiophene rings is 1. The Morgan fingerprint density at radius 2 is 1.68 bits per heavy atom. The molecule has 4 heteroatoms. The van der Waals surface area contributed by atoms with Crippen molar-refractivity contribution in [1.29, 1.82) is 0 Å². The van der Waals surface area contributed by atoms with Gasteiger partial charge in [0, 0.05) is 0 Å². The Hall–Kier alpha value is -1.56. The fraction of sp³-hybridized carbons (Fsp3) is 0.333. The Balaban J connectivity index is 1.68. The van der Waals surface area contributed by atoms with Gasteiger partial charge in [0.25, 0.3) is 0 Å². The minimum atomic E-state index is -2.34. The van der Waals surface area contributed by atoms with Crippen molar-refractivity contribution in [1.82, 2.24) is 0 Å². The molecule has 2 nitrogen and oxygen atoms in total. The molecule has 148 valence electrons. The van der Waals surface area contributed by atoms with Gasteiger partial charge in [-0.2, -0.15) is 0 Å². The van der Waals surface area contributed by atoms with Crippen LogP contribution in [0.1, 0.15) is 18.1 Å². The van der Waals surface area contributed by atoms with E-state index in [2.05, 4.69) is 78.7 Å². The molecular formula is C24H30GeO2S. The van der Waals surface area contributed by atoms with Gasteiger partial charge in [0.2, 0.25) is 0 Å². The second-order valence-corrected chi connectivity index (χ2v) is 18.1. The van der Waals surface area contributed by atoms with Crippen molar-refractivity contribution in [3.63, 3.8) is 0 Å². The van der Waals surface area contributed by atoms with E-state index in [0.29, 0.717) is 13.2 Å². The van der Waals surface area contributed by atoms with Gasteiger partial charge in [0.1, 0.15) is 0 Å². The molecule has 0 fully saturated rings. The van der Waals surface area contributed by atoms with E-state index in [1.54, 1.807) is 8.11 Å². The molecular weight excluding hydrogens is 425 g/mol. The first-order chi connectivity index (χ1) is 13.6. The first kappa shape index (κ1) is 21.2. The van der Waals surface area contributed by atoms with Gasteiger partial charge < -0.3 is 0 Å². The van der Waals surface area contributed by atoms with Crippen molar-refractivity contribution in [2.45, 2.75) is 31.3 Å². The molecule has 2 aromatic carbocycles. The molecule has 0 saturated heterocycles. The van der Waals surface area contributed by atoms with Crippen LogP contribution in [0.15, 0.2) is 66.0 Å². The second kappa shape index (κ2) is 10.3. The summed E-state index contributed by atoms with van der Waals surface area (Å²) in [6.07, 6.45) is 1.11. The monoisotopic (exact) mass is 456 g/mol. The van der Waals surface area contributed by atoms with Gasteiger partial charge >= 0.3 is 176 Å². The van der Waals surface area contributed by atoms with Gasteiger partial charge in [-0.1, -0.05) is 0 Å². The average molecular weight is 455 g/mol. The van der Waals surface area contributed by atoms with E-state index in [-0.39, 0.29) is 0 Å². The maximum absolute atomic E-state index is 5.74. The van der Waals surface area contributed by atoms with Crippen LogP contribution in [0.3, 0.4) is 0 Å². The summed E-state index contributed by atoms with van der Waals surface area (Å²) in [5.41, 5.74) is 2.72. The quantitative estimate of drug-likeness (QED) is 0.320. The fourth-order valence-electron chi connectivity index (χ4n) is 3.43. The third-order valence-corrected chi connectivity index (χ3v) is 17.7. The van der Waals surface area contributed by atoms with E-state index >= 15 is 0 Å². The van der Waals surface area contributed by atoms with Gasteiger partial charge in [-0.15, -0.1) is 0 Å². The zero-order valence-corrected chi connectivity index (χ0v) is 20.0. The molecule has 0 aliphatic carbocycles. The van der Waals surface area contributed by atoms with E-state index in [4.69, 9.17) is 9.47 Å². The van der Waals surface area contributed by atoms with E-state index in [0.717, 1.165) is 18.8 Å². The number of hydrogen-bond acceptors (Lipinski definition) is 3. The zero-order valence-electron chi connectivity index (χ0n) is 17.1. The van der Waals surface area contributed by atoms with Gasteiger partial charge in [-0.3, -0.25) is 0 Å². The predicted molar refractivity (Wildman–Crippen MR) is 123 cm³/mol. The summed E-state index contributed by atoms with van der Waals surface area (Å²) >= 11 is -0.410. The molecule has 1 heterocycles. The Morgan fingerprint density at radius 1 is 0.929 bits per heavy atom. The topological polar surface area (TPSA) is 18.5 Å². The van der Waals surface area contributed by atoms with Crippen LogP contribution in [0.4, 0.5) is 0 Å². The van der Waals surface area contributed by atoms with Crippen LogP contribution in [0.2, 0.25) is 11.0 Å². The van der Waals surface area contributed by atoms with Crippen LogP contribution in [-0.2, 0) is 11.2 Å². The predicted octanol–water partition coefficient (Wildman–Crippen LogP) is 4.91. The minimum absolute atomic E-state index is 0.604. The molecule has 0 radical (unpaired) electrons. The number of benzene rings is 2. The van der Waals surface area contributed by atoms with Crippen LogP contribution in [0.5, 0.6) is 5.75 Å². The first-order valence-electron chi connectivity index (χ1n) is 10.0. The third-order valence-electron chi connectivity index (χ3n) is 5.29. The molecule has 28 heavy (non-hydrogen) atoms. The molecule has 0 saturated carbocycles. The molecule has 3 rings (SSSR count). The van der Waals surface area contributed by atoms with Gasteiger partial charge in [-0.25, -0.2) is 0 Å². The van der Waals surface area contributed by atoms with Gasteiger partial charge in [0.15, 0.2) is 0 Å². The summed E-state index contributed by atoms with van der Waals surface area (Å²) < 4.78 is 14.2. The van der Waals surface area contributed by atoms with E-state index in [1.165, 1.54) is 16.4 Å². The normalized spacial score (nSPS) is 13.2. The molecule has 1 unspecified atom stereocenters. The summed E-state index contributed by atoms with van der Waals surface area (Å²) in [7, 11) is 0. The van der Waals surface area contributed by atoms with Crippen molar-refractivity contribution >= 4 is 32.7 Å². The van der Waals surface area contributed by atoms with Gasteiger partial charge in [0.05, 0.1) is 0 Å². The Labute approximate surface area is 175 Å². The summed E-state index contributed by atoms with van der Waals surface area (Å²) in [6.45, 7) is 6.14. The zero-order chi connectivity index (χ0) is 19.8. The third kappa shape index (κ3) is 5.49. The van der Waals surface area contributed by atoms with Crippen molar-refractivity contribution < 1.29 is 9.47 Å². The SMILES string of the molecule is CCOCCOc1ccc(C[CH2][Ge]([CH3])([c]2ccc(C)cc2)[c]2cccs2)cc1. The van der Waals surface area contributed by atoms with E-state index in [1.807, 2.05) is 18.3 Å². The maximum atomic E-state index is 5.74. The van der Waals surface area contributed by atoms with Crippen LogP contribution in [0, 0.1) is 6.92 Å². The van der Waals surface area contributed by atoms with Crippen LogP contribution < -0.4 is 12.8 Å². The van der Waals surface area contributed by atoms with Crippen LogP contribution in [-0.4, -0.2) is 33.1 Å². The van der Waals surface area contributed by atoms with Crippen molar-refractivity contribution in [2.24, 2.45) is 0 Å². The summed E-state index contributed by atoms with van der Waals surface area (Å²) in [6, 6.07) is 22.4. The molecule has 1 atom stereocenters. The van der Waals surface area contributed by atoms with Crippen molar-refractivity contribution in [2.75, 3.05) is 19.8 Å². The Kier molecular flexibility index (Phi) is 7.77. The van der Waals surface area contributed by atoms with E-state index in [9.17, 15) is 0 Å². The molecule has 0 spiro atoms. The number of hydrogen-bond donors (Lipinski definition) is 0. The second-order valence-electron chi connectivity index (χ2n) is 7.36.